The topological polar surface area (TPSA) is 66.6 Å². The number of nitrogens with zero attached hydrogens (tertiary/aromatic N) is 2. The number of carbonyl (C=O) groups excluding carboxylic acids is 1. The van der Waals surface area contributed by atoms with Gasteiger partial charge in [0, 0.05) is 6.54 Å². The van der Waals surface area contributed by atoms with Gasteiger partial charge in [-0.25, -0.2) is 8.78 Å². The highest BCUT2D eigenvalue weighted by atomic mass is 19.3. The van der Waals surface area contributed by atoms with Crippen LogP contribution in [0.5, 0.6) is 0 Å². The molecular weight excluding hydrogens is 222 g/mol. The zero-order valence-corrected chi connectivity index (χ0v) is 8.69. The van der Waals surface area contributed by atoms with Gasteiger partial charge in [0.2, 0.25) is 0 Å². The zero-order valence-electron chi connectivity index (χ0n) is 8.69. The molecule has 1 aromatic heterocycles. The van der Waals surface area contributed by atoms with Crippen LogP contribution in [-0.4, -0.2) is 47.2 Å². The number of aliphatic hydroxyl groups excluding tert-OH is 1. The summed E-state index contributed by atoms with van der Waals surface area (Å²) in [7, 11) is 0. The summed E-state index contributed by atoms with van der Waals surface area (Å²) in [6.45, 7) is 0.278. The Bertz CT molecular complexity index is 354. The van der Waals surface area contributed by atoms with Crippen LogP contribution in [0.2, 0.25) is 0 Å². The fourth-order valence-electron chi connectivity index (χ4n) is 1.24. The summed E-state index contributed by atoms with van der Waals surface area (Å²) in [6, 6.07) is 0. The number of halogens is 2. The Morgan fingerprint density at radius 3 is 2.81 bits per heavy atom. The molecule has 0 aliphatic carbocycles. The summed E-state index contributed by atoms with van der Waals surface area (Å²) in [4.78, 5) is 12.6. The third-order valence-electron chi connectivity index (χ3n) is 2.00. The SMILES string of the molecule is Cc1oncc1C(=O)N(CCO)CC(F)F. The Morgan fingerprint density at radius 2 is 2.38 bits per heavy atom. The van der Waals surface area contributed by atoms with Crippen LogP contribution in [0, 0.1) is 6.92 Å². The van der Waals surface area contributed by atoms with E-state index in [0.29, 0.717) is 0 Å². The molecule has 90 valence electrons. The highest BCUT2D eigenvalue weighted by Crippen LogP contribution is 2.11. The Balaban J connectivity index is 2.78. The predicted molar refractivity (Wildman–Crippen MR) is 50.2 cm³/mol. The van der Waals surface area contributed by atoms with Crippen molar-refractivity contribution < 1.29 is 23.2 Å². The zero-order chi connectivity index (χ0) is 12.1. The molecule has 1 heterocycles. The number of hydrogen-bond acceptors (Lipinski definition) is 4. The highest BCUT2D eigenvalue weighted by Gasteiger charge is 2.22. The van der Waals surface area contributed by atoms with Gasteiger partial charge in [0.05, 0.1) is 19.3 Å². The van der Waals surface area contributed by atoms with Crippen molar-refractivity contribution in [2.75, 3.05) is 19.7 Å². The Morgan fingerprint density at radius 1 is 1.69 bits per heavy atom. The smallest absolute Gasteiger partial charge is 0.259 e. The molecule has 0 atom stereocenters. The molecule has 7 heteroatoms. The first-order chi connectivity index (χ1) is 7.56. The number of aliphatic hydroxyl groups is 1. The molecule has 0 bridgehead atoms. The minimum absolute atomic E-state index is 0.133. The third-order valence-corrected chi connectivity index (χ3v) is 2.00. The second-order valence-corrected chi connectivity index (χ2v) is 3.16. The van der Waals surface area contributed by atoms with Gasteiger partial charge in [-0.05, 0) is 6.92 Å². The summed E-state index contributed by atoms with van der Waals surface area (Å²) in [5.41, 5.74) is 0.133. The first-order valence-corrected chi connectivity index (χ1v) is 4.65. The lowest BCUT2D eigenvalue weighted by Crippen LogP contribution is -2.37. The predicted octanol–water partition coefficient (Wildman–Crippen LogP) is 0.683. The number of aromatic nitrogens is 1. The van der Waals surface area contributed by atoms with Gasteiger partial charge >= 0.3 is 0 Å². The first-order valence-electron chi connectivity index (χ1n) is 4.65. The van der Waals surface area contributed by atoms with E-state index in [-0.39, 0.29) is 24.5 Å². The summed E-state index contributed by atoms with van der Waals surface area (Å²) in [5, 5.41) is 12.1. The second-order valence-electron chi connectivity index (χ2n) is 3.16. The van der Waals surface area contributed by atoms with E-state index in [1.165, 1.54) is 13.1 Å². The Hall–Kier alpha value is -1.50. The molecule has 1 amide bonds. The molecule has 0 radical (unpaired) electrons. The quantitative estimate of drug-likeness (QED) is 0.813. The second kappa shape index (κ2) is 5.55. The van der Waals surface area contributed by atoms with Crippen molar-refractivity contribution in [2.45, 2.75) is 13.3 Å². The molecule has 1 aromatic rings. The van der Waals surface area contributed by atoms with Crippen molar-refractivity contribution in [3.05, 3.63) is 17.5 Å². The van der Waals surface area contributed by atoms with E-state index in [1.54, 1.807) is 0 Å². The normalized spacial score (nSPS) is 10.8. The van der Waals surface area contributed by atoms with Gasteiger partial charge in [-0.1, -0.05) is 5.16 Å². The molecule has 16 heavy (non-hydrogen) atoms. The number of rotatable bonds is 5. The number of alkyl halides is 2. The van der Waals surface area contributed by atoms with Crippen LogP contribution in [0.1, 0.15) is 16.1 Å². The van der Waals surface area contributed by atoms with E-state index in [1.807, 2.05) is 0 Å². The summed E-state index contributed by atoms with van der Waals surface area (Å²) in [5.74, 6) is -0.352. The average molecular weight is 234 g/mol. The van der Waals surface area contributed by atoms with Crippen molar-refractivity contribution in [3.63, 3.8) is 0 Å². The van der Waals surface area contributed by atoms with Gasteiger partial charge in [-0.3, -0.25) is 4.79 Å². The fourth-order valence-corrected chi connectivity index (χ4v) is 1.24. The lowest BCUT2D eigenvalue weighted by molar-refractivity contribution is 0.0507. The van der Waals surface area contributed by atoms with Crippen LogP contribution in [-0.2, 0) is 0 Å². The van der Waals surface area contributed by atoms with Crippen molar-refractivity contribution >= 4 is 5.91 Å². The molecule has 0 aliphatic heterocycles. The maximum Gasteiger partial charge on any atom is 0.259 e. The molecule has 1 N–H and O–H groups in total. The van der Waals surface area contributed by atoms with Gasteiger partial charge in [0.25, 0.3) is 12.3 Å². The van der Waals surface area contributed by atoms with E-state index in [4.69, 9.17) is 5.11 Å². The van der Waals surface area contributed by atoms with Crippen LogP contribution in [0.25, 0.3) is 0 Å². The summed E-state index contributed by atoms with van der Waals surface area (Å²) < 4.78 is 29.1. The van der Waals surface area contributed by atoms with Crippen molar-refractivity contribution in [1.29, 1.82) is 0 Å². The standard InChI is InChI=1S/C9H12F2N2O3/c1-6-7(4-12-16-6)9(15)13(2-3-14)5-8(10)11/h4,8,14H,2-3,5H2,1H3. The van der Waals surface area contributed by atoms with Crippen LogP contribution in [0.4, 0.5) is 8.78 Å². The van der Waals surface area contributed by atoms with Gasteiger partial charge in [0.1, 0.15) is 11.3 Å². The first kappa shape index (κ1) is 12.6. The van der Waals surface area contributed by atoms with E-state index in [9.17, 15) is 13.6 Å². The maximum absolute atomic E-state index is 12.2. The molecule has 0 saturated heterocycles. The minimum Gasteiger partial charge on any atom is -0.395 e. The van der Waals surface area contributed by atoms with Crippen LogP contribution < -0.4 is 0 Å². The molecular formula is C9H12F2N2O3. The summed E-state index contributed by atoms with van der Waals surface area (Å²) >= 11 is 0. The lowest BCUT2D eigenvalue weighted by Gasteiger charge is -2.20. The maximum atomic E-state index is 12.2. The van der Waals surface area contributed by atoms with E-state index >= 15 is 0 Å². The molecule has 0 aliphatic rings. The lowest BCUT2D eigenvalue weighted by atomic mass is 10.2. The molecule has 0 unspecified atom stereocenters. The Kier molecular flexibility index (Phi) is 4.36. The van der Waals surface area contributed by atoms with Gasteiger partial charge in [-0.2, -0.15) is 0 Å². The highest BCUT2D eigenvalue weighted by molar-refractivity contribution is 5.94. The van der Waals surface area contributed by atoms with Gasteiger partial charge in [-0.15, -0.1) is 0 Å². The molecule has 0 fully saturated rings. The van der Waals surface area contributed by atoms with Crippen LogP contribution in [0.15, 0.2) is 10.7 Å². The number of hydrogen-bond donors (Lipinski definition) is 1. The number of carbonyl (C=O) groups is 1. The fraction of sp³-hybridized carbons (Fsp3) is 0.556. The Labute approximate surface area is 90.6 Å². The molecule has 1 rings (SSSR count). The monoisotopic (exact) mass is 234 g/mol. The van der Waals surface area contributed by atoms with Gasteiger partial charge < -0.3 is 14.5 Å². The van der Waals surface area contributed by atoms with E-state index in [2.05, 4.69) is 9.68 Å². The number of amides is 1. The van der Waals surface area contributed by atoms with Crippen LogP contribution in [0.3, 0.4) is 0 Å². The van der Waals surface area contributed by atoms with Crippen LogP contribution >= 0.6 is 0 Å². The van der Waals surface area contributed by atoms with Gasteiger partial charge in [0.15, 0.2) is 0 Å². The van der Waals surface area contributed by atoms with Crippen molar-refractivity contribution in [1.82, 2.24) is 10.1 Å². The molecule has 5 nitrogen and oxygen atoms in total. The molecule has 0 spiro atoms. The summed E-state index contributed by atoms with van der Waals surface area (Å²) in [6.07, 6.45) is -1.47. The third kappa shape index (κ3) is 2.99. The number of aryl methyl sites for hydroxylation is 1. The largest absolute Gasteiger partial charge is 0.395 e. The van der Waals surface area contributed by atoms with Crippen molar-refractivity contribution in [2.24, 2.45) is 0 Å². The molecule has 0 aromatic carbocycles. The minimum atomic E-state index is -2.64. The van der Waals surface area contributed by atoms with Crippen molar-refractivity contribution in [3.8, 4) is 0 Å². The molecule has 0 saturated carbocycles. The average Bonchev–Trinajstić information content (AvgIpc) is 2.62. The van der Waals surface area contributed by atoms with E-state index < -0.39 is 18.9 Å². The van der Waals surface area contributed by atoms with E-state index in [0.717, 1.165) is 4.90 Å².